The van der Waals surface area contributed by atoms with Crippen molar-refractivity contribution in [3.05, 3.63) is 35.9 Å². The molecule has 1 aliphatic carbocycles. The lowest BCUT2D eigenvalue weighted by Gasteiger charge is -2.21. The van der Waals surface area contributed by atoms with Crippen LogP contribution in [0.1, 0.15) is 37.7 Å². The van der Waals surface area contributed by atoms with Gasteiger partial charge in [0, 0.05) is 0 Å². The van der Waals surface area contributed by atoms with Crippen molar-refractivity contribution in [1.29, 1.82) is 0 Å². The van der Waals surface area contributed by atoms with Crippen molar-refractivity contribution in [2.45, 2.75) is 50.6 Å². The number of hydrogen-bond donors (Lipinski definition) is 3. The summed E-state index contributed by atoms with van der Waals surface area (Å²) >= 11 is 0. The number of nitrogens with two attached hydrogens (primary N) is 1. The predicted octanol–water partition coefficient (Wildman–Crippen LogP) is 1.83. The van der Waals surface area contributed by atoms with Crippen LogP contribution in [0, 0.1) is 0 Å². The van der Waals surface area contributed by atoms with Crippen LogP contribution in [0.25, 0.3) is 0 Å². The van der Waals surface area contributed by atoms with Crippen LogP contribution in [0.15, 0.2) is 35.3 Å². The molecule has 0 saturated heterocycles. The molecule has 1 fully saturated rings. The molecular weight excluding hydrogens is 250 g/mol. The fraction of sp³-hybridized carbons (Fsp3) is 0.562. The van der Waals surface area contributed by atoms with Crippen LogP contribution in [0.2, 0.25) is 0 Å². The molecule has 1 unspecified atom stereocenters. The summed E-state index contributed by atoms with van der Waals surface area (Å²) in [5.41, 5.74) is 7.15. The number of benzene rings is 1. The zero-order valence-corrected chi connectivity index (χ0v) is 12.0. The highest BCUT2D eigenvalue weighted by atomic mass is 16.3. The Morgan fingerprint density at radius 3 is 2.60 bits per heavy atom. The van der Waals surface area contributed by atoms with Gasteiger partial charge in [-0.25, -0.2) is 0 Å². The Hall–Kier alpha value is -1.55. The molecule has 4 nitrogen and oxygen atoms in total. The highest BCUT2D eigenvalue weighted by Crippen LogP contribution is 2.19. The quantitative estimate of drug-likeness (QED) is 0.567. The van der Waals surface area contributed by atoms with Gasteiger partial charge in [-0.05, 0) is 24.8 Å². The Balaban J connectivity index is 1.86. The van der Waals surface area contributed by atoms with Crippen molar-refractivity contribution < 1.29 is 5.11 Å². The maximum Gasteiger partial charge on any atom is 0.189 e. The fourth-order valence-electron chi connectivity index (χ4n) is 2.71. The Kier molecular flexibility index (Phi) is 5.87. The first-order chi connectivity index (χ1) is 9.78. The van der Waals surface area contributed by atoms with Gasteiger partial charge in [-0.2, -0.15) is 0 Å². The molecule has 20 heavy (non-hydrogen) atoms. The van der Waals surface area contributed by atoms with Crippen LogP contribution < -0.4 is 11.1 Å². The van der Waals surface area contributed by atoms with E-state index in [-0.39, 0.29) is 12.6 Å². The number of guanidine groups is 1. The molecule has 0 spiro atoms. The number of rotatable bonds is 5. The molecule has 4 heteroatoms. The first kappa shape index (κ1) is 14.9. The maximum absolute atomic E-state index is 9.47. The van der Waals surface area contributed by atoms with E-state index >= 15 is 0 Å². The Labute approximate surface area is 121 Å². The van der Waals surface area contributed by atoms with E-state index in [1.54, 1.807) is 0 Å². The van der Waals surface area contributed by atoms with Gasteiger partial charge in [0.15, 0.2) is 5.96 Å². The minimum Gasteiger partial charge on any atom is -0.394 e. The summed E-state index contributed by atoms with van der Waals surface area (Å²) in [6.45, 7) is 0.0514. The van der Waals surface area contributed by atoms with Crippen LogP contribution in [-0.2, 0) is 6.42 Å². The lowest BCUT2D eigenvalue weighted by Crippen LogP contribution is -2.44. The largest absolute Gasteiger partial charge is 0.394 e. The third-order valence-corrected chi connectivity index (χ3v) is 3.79. The van der Waals surface area contributed by atoms with Crippen LogP contribution in [0.5, 0.6) is 0 Å². The van der Waals surface area contributed by atoms with Crippen LogP contribution in [0.3, 0.4) is 0 Å². The monoisotopic (exact) mass is 275 g/mol. The van der Waals surface area contributed by atoms with Gasteiger partial charge in [0.25, 0.3) is 0 Å². The second-order valence-corrected chi connectivity index (χ2v) is 5.52. The summed E-state index contributed by atoms with van der Waals surface area (Å²) < 4.78 is 0. The minimum absolute atomic E-state index is 0.0514. The average molecular weight is 275 g/mol. The molecule has 2 rings (SSSR count). The molecule has 0 heterocycles. The third kappa shape index (κ3) is 4.85. The van der Waals surface area contributed by atoms with Crippen molar-refractivity contribution in [2.75, 3.05) is 6.61 Å². The number of aliphatic imine (C=N–C) groups is 1. The highest BCUT2D eigenvalue weighted by molar-refractivity contribution is 5.78. The third-order valence-electron chi connectivity index (χ3n) is 3.79. The molecule has 4 N–H and O–H groups in total. The summed E-state index contributed by atoms with van der Waals surface area (Å²) in [5, 5.41) is 12.6. The molecule has 1 saturated carbocycles. The first-order valence-corrected chi connectivity index (χ1v) is 7.52. The maximum atomic E-state index is 9.47. The van der Waals surface area contributed by atoms with E-state index < -0.39 is 0 Å². The van der Waals surface area contributed by atoms with Crippen molar-refractivity contribution in [1.82, 2.24) is 5.32 Å². The molecule has 1 aromatic carbocycles. The van der Waals surface area contributed by atoms with Gasteiger partial charge in [0.05, 0.1) is 18.7 Å². The molecule has 0 amide bonds. The first-order valence-electron chi connectivity index (χ1n) is 7.52. The van der Waals surface area contributed by atoms with Crippen molar-refractivity contribution in [3.8, 4) is 0 Å². The van der Waals surface area contributed by atoms with E-state index in [9.17, 15) is 5.11 Å². The van der Waals surface area contributed by atoms with Crippen molar-refractivity contribution >= 4 is 5.96 Å². The summed E-state index contributed by atoms with van der Waals surface area (Å²) in [5.74, 6) is 0.465. The van der Waals surface area contributed by atoms with Crippen LogP contribution in [-0.4, -0.2) is 29.8 Å². The number of hydrogen-bond acceptors (Lipinski definition) is 2. The summed E-state index contributed by atoms with van der Waals surface area (Å²) in [4.78, 5) is 4.54. The lowest BCUT2D eigenvalue weighted by atomic mass is 9.96. The number of aliphatic hydroxyl groups excluding tert-OH is 1. The van der Waals surface area contributed by atoms with Gasteiger partial charge in [-0.1, -0.05) is 49.6 Å². The Morgan fingerprint density at radius 2 is 1.95 bits per heavy atom. The van der Waals surface area contributed by atoms with Crippen LogP contribution >= 0.6 is 0 Å². The lowest BCUT2D eigenvalue weighted by molar-refractivity contribution is 0.254. The van der Waals surface area contributed by atoms with Gasteiger partial charge in [0.2, 0.25) is 0 Å². The second-order valence-electron chi connectivity index (χ2n) is 5.52. The van der Waals surface area contributed by atoms with E-state index in [0.717, 1.165) is 19.3 Å². The van der Waals surface area contributed by atoms with E-state index in [0.29, 0.717) is 12.0 Å². The topological polar surface area (TPSA) is 70.6 Å². The van der Waals surface area contributed by atoms with Gasteiger partial charge in [-0.3, -0.25) is 4.99 Å². The van der Waals surface area contributed by atoms with Gasteiger partial charge in [0.1, 0.15) is 0 Å². The van der Waals surface area contributed by atoms with Crippen LogP contribution in [0.4, 0.5) is 0 Å². The van der Waals surface area contributed by atoms with Crippen molar-refractivity contribution in [2.24, 2.45) is 10.7 Å². The summed E-state index contributed by atoms with van der Waals surface area (Å²) in [7, 11) is 0. The number of aliphatic hydroxyl groups is 1. The summed E-state index contributed by atoms with van der Waals surface area (Å²) in [6.07, 6.45) is 6.81. The predicted molar refractivity (Wildman–Crippen MR) is 82.7 cm³/mol. The highest BCUT2D eigenvalue weighted by Gasteiger charge is 2.14. The Morgan fingerprint density at radius 1 is 1.25 bits per heavy atom. The Bertz CT molecular complexity index is 413. The number of nitrogens with zero attached hydrogens (tertiary/aromatic N) is 1. The van der Waals surface area contributed by atoms with Gasteiger partial charge >= 0.3 is 0 Å². The molecule has 1 aliphatic rings. The molecule has 110 valence electrons. The second kappa shape index (κ2) is 7.90. The standard InChI is InChI=1S/C16H25N3O/c17-16(18-14-9-5-2-6-10-14)19-15(12-20)11-13-7-3-1-4-8-13/h1,3-4,7-8,14-15,20H,2,5-6,9-12H2,(H3,17,18,19). The van der Waals surface area contributed by atoms with E-state index in [4.69, 9.17) is 5.73 Å². The minimum atomic E-state index is -0.0789. The average Bonchev–Trinajstić information content (AvgIpc) is 2.48. The zero-order chi connectivity index (χ0) is 14.2. The normalized spacial score (nSPS) is 18.8. The van der Waals surface area contributed by atoms with E-state index in [1.807, 2.05) is 18.2 Å². The zero-order valence-electron chi connectivity index (χ0n) is 12.0. The van der Waals surface area contributed by atoms with E-state index in [1.165, 1.54) is 24.8 Å². The molecular formula is C16H25N3O. The smallest absolute Gasteiger partial charge is 0.189 e. The molecule has 0 aliphatic heterocycles. The van der Waals surface area contributed by atoms with Gasteiger partial charge < -0.3 is 16.2 Å². The molecule has 1 atom stereocenters. The fourth-order valence-corrected chi connectivity index (χ4v) is 2.71. The molecule has 0 bridgehead atoms. The molecule has 1 aromatic rings. The number of nitrogens with one attached hydrogen (secondary N) is 1. The van der Waals surface area contributed by atoms with E-state index in [2.05, 4.69) is 22.4 Å². The van der Waals surface area contributed by atoms with Crippen molar-refractivity contribution in [3.63, 3.8) is 0 Å². The molecule has 0 radical (unpaired) electrons. The van der Waals surface area contributed by atoms with Gasteiger partial charge in [-0.15, -0.1) is 0 Å². The SMILES string of the molecule is NC(=NC1CCCCC1)NC(CO)Cc1ccccc1. The molecule has 0 aromatic heterocycles. The summed E-state index contributed by atoms with van der Waals surface area (Å²) in [6, 6.07) is 10.4.